The lowest BCUT2D eigenvalue weighted by Gasteiger charge is -2.11. The van der Waals surface area contributed by atoms with Gasteiger partial charge in [0, 0.05) is 11.4 Å². The van der Waals surface area contributed by atoms with E-state index in [0.717, 1.165) is 21.8 Å². The van der Waals surface area contributed by atoms with Gasteiger partial charge in [0.25, 0.3) is 0 Å². The summed E-state index contributed by atoms with van der Waals surface area (Å²) in [6, 6.07) is 1.86. The van der Waals surface area contributed by atoms with Crippen LogP contribution in [0.4, 0.5) is 18.2 Å². The number of carbonyl (C=O) groups is 1. The van der Waals surface area contributed by atoms with E-state index in [-0.39, 0.29) is 10.6 Å². The van der Waals surface area contributed by atoms with Gasteiger partial charge in [-0.1, -0.05) is 0 Å². The van der Waals surface area contributed by atoms with Crippen molar-refractivity contribution < 1.29 is 18.0 Å². The lowest BCUT2D eigenvalue weighted by molar-refractivity contribution is -0.167. The zero-order valence-corrected chi connectivity index (χ0v) is 9.84. The van der Waals surface area contributed by atoms with E-state index in [4.69, 9.17) is 5.26 Å². The van der Waals surface area contributed by atoms with Gasteiger partial charge in [0.1, 0.15) is 11.1 Å². The third-order valence-corrected chi connectivity index (χ3v) is 3.67. The highest BCUT2D eigenvalue weighted by Gasteiger charge is 2.39. The van der Waals surface area contributed by atoms with Gasteiger partial charge in [-0.05, 0) is 18.5 Å². The fourth-order valence-electron chi connectivity index (χ4n) is 1.72. The first kappa shape index (κ1) is 12.9. The zero-order chi connectivity index (χ0) is 13.3. The van der Waals surface area contributed by atoms with E-state index >= 15 is 0 Å². The van der Waals surface area contributed by atoms with Gasteiger partial charge < -0.3 is 10.6 Å². The van der Waals surface area contributed by atoms with Gasteiger partial charge in [0.15, 0.2) is 0 Å². The predicted octanol–water partition coefficient (Wildman–Crippen LogP) is 1.77. The normalized spacial score (nSPS) is 14.8. The Morgan fingerprint density at radius 1 is 1.50 bits per heavy atom. The van der Waals surface area contributed by atoms with Crippen molar-refractivity contribution in [2.45, 2.75) is 19.1 Å². The summed E-state index contributed by atoms with van der Waals surface area (Å²) >= 11 is 1.01. The van der Waals surface area contributed by atoms with Crippen molar-refractivity contribution in [3.05, 3.63) is 16.0 Å². The van der Waals surface area contributed by atoms with Crippen molar-refractivity contribution in [1.82, 2.24) is 5.32 Å². The molecule has 0 radical (unpaired) electrons. The molecule has 1 aromatic rings. The van der Waals surface area contributed by atoms with Crippen molar-refractivity contribution in [2.24, 2.45) is 0 Å². The first-order valence-electron chi connectivity index (χ1n) is 5.07. The molecule has 0 bridgehead atoms. The Labute approximate surface area is 104 Å². The van der Waals surface area contributed by atoms with Crippen LogP contribution in [-0.2, 0) is 17.8 Å². The molecule has 4 nitrogen and oxygen atoms in total. The van der Waals surface area contributed by atoms with Crippen molar-refractivity contribution >= 4 is 22.2 Å². The first-order chi connectivity index (χ1) is 8.43. The number of anilines is 1. The van der Waals surface area contributed by atoms with Gasteiger partial charge in [-0.25, -0.2) is 0 Å². The maximum Gasteiger partial charge on any atom is 0.471 e. The summed E-state index contributed by atoms with van der Waals surface area (Å²) in [5.74, 6) is -2.05. The highest BCUT2D eigenvalue weighted by atomic mass is 32.1. The fraction of sp³-hybridized carbons (Fsp3) is 0.400. The molecule has 2 N–H and O–H groups in total. The fourth-order valence-corrected chi connectivity index (χ4v) is 2.88. The van der Waals surface area contributed by atoms with E-state index in [1.165, 1.54) is 0 Å². The number of halogens is 3. The Balaban J connectivity index is 2.32. The van der Waals surface area contributed by atoms with Crippen molar-refractivity contribution in [1.29, 1.82) is 5.26 Å². The number of fused-ring (bicyclic) bond motifs is 1. The van der Waals surface area contributed by atoms with Crippen LogP contribution in [0.2, 0.25) is 0 Å². The summed E-state index contributed by atoms with van der Waals surface area (Å²) in [7, 11) is 0. The van der Waals surface area contributed by atoms with Crippen LogP contribution in [0.25, 0.3) is 0 Å². The Kier molecular flexibility index (Phi) is 3.28. The quantitative estimate of drug-likeness (QED) is 0.821. The minimum atomic E-state index is -4.95. The molecule has 1 amide bonds. The summed E-state index contributed by atoms with van der Waals surface area (Å²) in [5.41, 5.74) is 0.882. The van der Waals surface area contributed by atoms with Gasteiger partial charge in [-0.3, -0.25) is 4.79 Å². The summed E-state index contributed by atoms with van der Waals surface area (Å²) in [6.45, 7) is 1.18. The van der Waals surface area contributed by atoms with Gasteiger partial charge >= 0.3 is 12.1 Å². The molecule has 1 aliphatic rings. The summed E-state index contributed by atoms with van der Waals surface area (Å²) in [4.78, 5) is 11.7. The van der Waals surface area contributed by atoms with E-state index in [9.17, 15) is 18.0 Å². The molecule has 0 aromatic carbocycles. The van der Waals surface area contributed by atoms with E-state index in [0.29, 0.717) is 19.5 Å². The average Bonchev–Trinajstić information content (AvgIpc) is 2.64. The van der Waals surface area contributed by atoms with Gasteiger partial charge in [-0.2, -0.15) is 18.4 Å². The lowest BCUT2D eigenvalue weighted by Crippen LogP contribution is -2.29. The molecule has 2 rings (SSSR count). The second-order valence-electron chi connectivity index (χ2n) is 3.70. The molecule has 0 unspecified atom stereocenters. The monoisotopic (exact) mass is 275 g/mol. The summed E-state index contributed by atoms with van der Waals surface area (Å²) < 4.78 is 36.5. The first-order valence-corrected chi connectivity index (χ1v) is 5.88. The van der Waals surface area contributed by atoms with Crippen molar-refractivity contribution in [3.63, 3.8) is 0 Å². The standard InChI is InChI=1S/C10H8F3N3OS/c11-10(12,13)9(17)16-8-6(3-14)5-1-2-15-4-7(5)18-8/h15H,1-2,4H2,(H,16,17). The SMILES string of the molecule is N#Cc1c(NC(=O)C(F)(F)F)sc2c1CCNC2. The number of hydrogen-bond acceptors (Lipinski definition) is 4. The number of thiophene rings is 1. The molecule has 96 valence electrons. The van der Waals surface area contributed by atoms with Crippen LogP contribution in [0, 0.1) is 11.3 Å². The average molecular weight is 275 g/mol. The van der Waals surface area contributed by atoms with Gasteiger partial charge in [0.2, 0.25) is 0 Å². The third kappa shape index (κ3) is 2.32. The molecule has 0 spiro atoms. The number of carbonyl (C=O) groups excluding carboxylic acids is 1. The molecule has 0 atom stereocenters. The predicted molar refractivity (Wildman–Crippen MR) is 59.1 cm³/mol. The van der Waals surface area contributed by atoms with E-state index in [1.807, 2.05) is 6.07 Å². The van der Waals surface area contributed by atoms with Crippen LogP contribution in [0.3, 0.4) is 0 Å². The van der Waals surface area contributed by atoms with Crippen LogP contribution < -0.4 is 10.6 Å². The van der Waals surface area contributed by atoms with Crippen molar-refractivity contribution in [3.8, 4) is 6.07 Å². The highest BCUT2D eigenvalue weighted by molar-refractivity contribution is 7.16. The molecule has 18 heavy (non-hydrogen) atoms. The van der Waals surface area contributed by atoms with Crippen molar-refractivity contribution in [2.75, 3.05) is 11.9 Å². The number of nitrogens with zero attached hydrogens (tertiary/aromatic N) is 1. The molecule has 0 saturated carbocycles. The highest BCUT2D eigenvalue weighted by Crippen LogP contribution is 2.35. The Hall–Kier alpha value is -1.59. The molecule has 0 fully saturated rings. The second-order valence-corrected chi connectivity index (χ2v) is 4.80. The third-order valence-electron chi connectivity index (χ3n) is 2.52. The summed E-state index contributed by atoms with van der Waals surface area (Å²) in [6.07, 6.45) is -4.37. The lowest BCUT2D eigenvalue weighted by atomic mass is 10.1. The number of rotatable bonds is 1. The smallest absolute Gasteiger partial charge is 0.312 e. The number of nitrogens with one attached hydrogen (secondary N) is 2. The number of hydrogen-bond donors (Lipinski definition) is 2. The minimum absolute atomic E-state index is 0.0199. The van der Waals surface area contributed by atoms with Crippen LogP contribution in [-0.4, -0.2) is 18.6 Å². The molecule has 2 heterocycles. The van der Waals surface area contributed by atoms with Crippen LogP contribution >= 0.6 is 11.3 Å². The van der Waals surface area contributed by atoms with Crippen LogP contribution in [0.5, 0.6) is 0 Å². The molecule has 1 aromatic heterocycles. The minimum Gasteiger partial charge on any atom is -0.312 e. The molecular weight excluding hydrogens is 267 g/mol. The molecule has 1 aliphatic heterocycles. The number of nitriles is 1. The molecule has 8 heteroatoms. The number of alkyl halides is 3. The maximum absolute atomic E-state index is 12.2. The van der Waals surface area contributed by atoms with Gasteiger partial charge in [0.05, 0.1) is 5.56 Å². The Bertz CT molecular complexity index is 530. The maximum atomic E-state index is 12.2. The van der Waals surface area contributed by atoms with E-state index < -0.39 is 12.1 Å². The van der Waals surface area contributed by atoms with Crippen LogP contribution in [0.15, 0.2) is 0 Å². The molecular formula is C10H8F3N3OS. The summed E-state index contributed by atoms with van der Waals surface area (Å²) in [5, 5.41) is 13.8. The largest absolute Gasteiger partial charge is 0.471 e. The number of amides is 1. The van der Waals surface area contributed by atoms with Gasteiger partial charge in [-0.15, -0.1) is 11.3 Å². The zero-order valence-electron chi connectivity index (χ0n) is 9.02. The van der Waals surface area contributed by atoms with E-state index in [1.54, 1.807) is 5.32 Å². The topological polar surface area (TPSA) is 64.9 Å². The van der Waals surface area contributed by atoms with Crippen LogP contribution in [0.1, 0.15) is 16.0 Å². The second kappa shape index (κ2) is 4.59. The van der Waals surface area contributed by atoms with E-state index in [2.05, 4.69) is 5.32 Å². The Morgan fingerprint density at radius 2 is 2.22 bits per heavy atom. The Morgan fingerprint density at radius 3 is 2.83 bits per heavy atom. The molecule has 0 saturated heterocycles. The molecule has 0 aliphatic carbocycles.